The zero-order chi connectivity index (χ0) is 19.3. The van der Waals surface area contributed by atoms with Gasteiger partial charge in [-0.2, -0.15) is 0 Å². The zero-order valence-corrected chi connectivity index (χ0v) is 16.6. The van der Waals surface area contributed by atoms with E-state index in [1.165, 1.54) is 11.3 Å². The number of fused-ring (bicyclic) bond motifs is 2. The van der Waals surface area contributed by atoms with Crippen LogP contribution < -0.4 is 4.90 Å². The van der Waals surface area contributed by atoms with Gasteiger partial charge in [0.2, 0.25) is 0 Å². The Labute approximate surface area is 166 Å². The van der Waals surface area contributed by atoms with Gasteiger partial charge in [0, 0.05) is 41.3 Å². The van der Waals surface area contributed by atoms with Crippen LogP contribution in [0.1, 0.15) is 18.7 Å². The lowest BCUT2D eigenvalue weighted by molar-refractivity contribution is 0.0826. The summed E-state index contributed by atoms with van der Waals surface area (Å²) in [4.78, 5) is 21.3. The van der Waals surface area contributed by atoms with Crippen molar-refractivity contribution in [2.75, 3.05) is 31.2 Å². The first-order valence-corrected chi connectivity index (χ1v) is 10.1. The summed E-state index contributed by atoms with van der Waals surface area (Å²) in [7, 11) is 0. The number of hydrogen-bond acceptors (Lipinski definition) is 7. The molecule has 4 aromatic rings. The third-order valence-corrected chi connectivity index (χ3v) is 6.29. The fourth-order valence-corrected chi connectivity index (χ4v) is 4.44. The van der Waals surface area contributed by atoms with E-state index in [1.807, 2.05) is 24.4 Å². The van der Waals surface area contributed by atoms with Gasteiger partial charge in [0.25, 0.3) is 0 Å². The number of aliphatic hydroxyl groups is 1. The van der Waals surface area contributed by atoms with Crippen molar-refractivity contribution >= 4 is 38.4 Å². The Hall–Kier alpha value is -2.55. The molecule has 0 bridgehead atoms. The molecular weight excluding hydrogens is 374 g/mol. The normalized spacial score (nSPS) is 15.6. The number of morpholine rings is 1. The van der Waals surface area contributed by atoms with E-state index in [0.29, 0.717) is 19.0 Å². The van der Waals surface area contributed by atoms with E-state index in [2.05, 4.69) is 14.9 Å². The average Bonchev–Trinajstić information content (AvgIpc) is 3.33. The first-order valence-electron chi connectivity index (χ1n) is 9.30. The number of hydrogen-bond donors (Lipinski definition) is 2. The minimum atomic E-state index is -0.917. The Morgan fingerprint density at radius 3 is 2.82 bits per heavy atom. The number of aromatic amines is 1. The molecule has 0 aliphatic carbocycles. The van der Waals surface area contributed by atoms with Gasteiger partial charge in [0.15, 0.2) is 5.82 Å². The molecular formula is C20H21N5O2S. The summed E-state index contributed by atoms with van der Waals surface area (Å²) in [6, 6.07) is 6.06. The molecule has 1 saturated heterocycles. The van der Waals surface area contributed by atoms with Crippen LogP contribution in [0.4, 0.5) is 5.82 Å². The van der Waals surface area contributed by atoms with Crippen LogP contribution in [0, 0.1) is 0 Å². The lowest BCUT2D eigenvalue weighted by atomic mass is 10.1. The van der Waals surface area contributed by atoms with Crippen LogP contribution in [0.3, 0.4) is 0 Å². The van der Waals surface area contributed by atoms with Crippen molar-refractivity contribution in [1.82, 2.24) is 19.9 Å². The fourth-order valence-electron chi connectivity index (χ4n) is 3.42. The summed E-state index contributed by atoms with van der Waals surface area (Å²) in [5.41, 5.74) is 0.805. The van der Waals surface area contributed by atoms with Gasteiger partial charge in [-0.3, -0.25) is 0 Å². The van der Waals surface area contributed by atoms with Gasteiger partial charge >= 0.3 is 0 Å². The maximum atomic E-state index is 10.5. The van der Waals surface area contributed by atoms with Crippen molar-refractivity contribution in [3.05, 3.63) is 35.5 Å². The first-order chi connectivity index (χ1) is 13.5. The molecule has 0 radical (unpaired) electrons. The highest BCUT2D eigenvalue weighted by Crippen LogP contribution is 2.37. The Bertz CT molecular complexity index is 1150. The van der Waals surface area contributed by atoms with Crippen LogP contribution in [0.25, 0.3) is 32.6 Å². The van der Waals surface area contributed by atoms with Crippen molar-refractivity contribution in [2.45, 2.75) is 19.4 Å². The van der Waals surface area contributed by atoms with Crippen LogP contribution in [-0.2, 0) is 10.3 Å². The average molecular weight is 395 g/mol. The van der Waals surface area contributed by atoms with Crippen molar-refractivity contribution in [3.8, 4) is 11.4 Å². The van der Waals surface area contributed by atoms with E-state index < -0.39 is 5.60 Å². The van der Waals surface area contributed by atoms with Crippen LogP contribution in [0.15, 0.2) is 30.6 Å². The molecule has 0 amide bonds. The second-order valence-corrected chi connectivity index (χ2v) is 8.53. The van der Waals surface area contributed by atoms with Crippen LogP contribution >= 0.6 is 11.3 Å². The molecule has 1 aliphatic rings. The van der Waals surface area contributed by atoms with E-state index in [-0.39, 0.29) is 0 Å². The number of thiophene rings is 1. The summed E-state index contributed by atoms with van der Waals surface area (Å²) in [6.07, 6.45) is 3.67. The number of nitrogens with one attached hydrogen (secondary N) is 1. The maximum Gasteiger partial charge on any atom is 0.164 e. The second kappa shape index (κ2) is 6.51. The van der Waals surface area contributed by atoms with E-state index in [9.17, 15) is 5.11 Å². The predicted octanol–water partition coefficient (Wildman–Crippen LogP) is 3.30. The number of anilines is 1. The minimum Gasteiger partial charge on any atom is -0.385 e. The highest BCUT2D eigenvalue weighted by atomic mass is 32.1. The van der Waals surface area contributed by atoms with Crippen molar-refractivity contribution in [3.63, 3.8) is 0 Å². The molecule has 7 nitrogen and oxygen atoms in total. The Morgan fingerprint density at radius 2 is 2.04 bits per heavy atom. The van der Waals surface area contributed by atoms with Gasteiger partial charge in [-0.1, -0.05) is 0 Å². The van der Waals surface area contributed by atoms with Gasteiger partial charge < -0.3 is 19.7 Å². The Morgan fingerprint density at radius 1 is 1.21 bits per heavy atom. The van der Waals surface area contributed by atoms with Crippen molar-refractivity contribution in [1.29, 1.82) is 0 Å². The molecule has 8 heteroatoms. The summed E-state index contributed by atoms with van der Waals surface area (Å²) < 4.78 is 5.51. The summed E-state index contributed by atoms with van der Waals surface area (Å²) in [5.74, 6) is 1.54. The number of aromatic nitrogens is 4. The zero-order valence-electron chi connectivity index (χ0n) is 15.8. The molecule has 5 rings (SSSR count). The summed E-state index contributed by atoms with van der Waals surface area (Å²) >= 11 is 1.51. The van der Waals surface area contributed by atoms with Gasteiger partial charge in [0.05, 0.1) is 24.2 Å². The maximum absolute atomic E-state index is 10.5. The molecule has 0 atom stereocenters. The molecule has 0 unspecified atom stereocenters. The number of nitrogens with zero attached hydrogens (tertiary/aromatic N) is 4. The van der Waals surface area contributed by atoms with Gasteiger partial charge in [-0.05, 0) is 32.0 Å². The lowest BCUT2D eigenvalue weighted by Gasteiger charge is -2.28. The second-order valence-electron chi connectivity index (χ2n) is 7.50. The Balaban J connectivity index is 1.70. The number of H-pyrrole nitrogens is 1. The topological polar surface area (TPSA) is 87.2 Å². The monoisotopic (exact) mass is 395 g/mol. The van der Waals surface area contributed by atoms with Crippen LogP contribution in [-0.4, -0.2) is 51.3 Å². The number of rotatable bonds is 3. The predicted molar refractivity (Wildman–Crippen MR) is 111 cm³/mol. The summed E-state index contributed by atoms with van der Waals surface area (Å²) in [6.45, 7) is 6.53. The summed E-state index contributed by atoms with van der Waals surface area (Å²) in [5, 5.41) is 12.5. The fraction of sp³-hybridized carbons (Fsp3) is 0.350. The number of pyridine rings is 1. The molecule has 4 aromatic heterocycles. The molecule has 0 aromatic carbocycles. The molecule has 144 valence electrons. The highest BCUT2D eigenvalue weighted by molar-refractivity contribution is 7.18. The van der Waals surface area contributed by atoms with E-state index >= 15 is 0 Å². The third-order valence-electron chi connectivity index (χ3n) is 4.94. The van der Waals surface area contributed by atoms with E-state index in [4.69, 9.17) is 14.7 Å². The van der Waals surface area contributed by atoms with E-state index in [1.54, 1.807) is 20.0 Å². The SMILES string of the molecule is CC(C)(O)c1cc2c(N3CCOCC3)nc(-c3cnc4[nH]ccc4c3)nc2s1. The number of ether oxygens (including phenoxy) is 1. The lowest BCUT2D eigenvalue weighted by Crippen LogP contribution is -2.37. The van der Waals surface area contributed by atoms with Gasteiger partial charge in [0.1, 0.15) is 16.3 Å². The smallest absolute Gasteiger partial charge is 0.164 e. The van der Waals surface area contributed by atoms with Gasteiger partial charge in [-0.15, -0.1) is 11.3 Å². The Kier molecular flexibility index (Phi) is 4.08. The molecule has 1 fully saturated rings. The largest absolute Gasteiger partial charge is 0.385 e. The highest BCUT2D eigenvalue weighted by Gasteiger charge is 2.24. The molecule has 1 aliphatic heterocycles. The quantitative estimate of drug-likeness (QED) is 0.553. The van der Waals surface area contributed by atoms with Crippen molar-refractivity contribution < 1.29 is 9.84 Å². The van der Waals surface area contributed by atoms with Crippen LogP contribution in [0.5, 0.6) is 0 Å². The minimum absolute atomic E-state index is 0.647. The van der Waals surface area contributed by atoms with E-state index in [0.717, 1.165) is 50.6 Å². The standard InChI is InChI=1S/C20H21N5O2S/c1-20(2,26)15-10-14-18(25-5-7-27-8-6-25)23-17(24-19(14)28-15)13-9-12-3-4-21-16(12)22-11-13/h3-4,9-11,26H,5-8H2,1-2H3,(H,21,22). The van der Waals surface area contributed by atoms with Gasteiger partial charge in [-0.25, -0.2) is 15.0 Å². The molecule has 2 N–H and O–H groups in total. The molecule has 0 spiro atoms. The molecule has 0 saturated carbocycles. The molecule has 5 heterocycles. The van der Waals surface area contributed by atoms with Crippen LogP contribution in [0.2, 0.25) is 0 Å². The molecule has 28 heavy (non-hydrogen) atoms. The van der Waals surface area contributed by atoms with Crippen molar-refractivity contribution in [2.24, 2.45) is 0 Å². The first kappa shape index (κ1) is 17.5. The third kappa shape index (κ3) is 3.03.